The maximum absolute atomic E-state index is 11.3. The molecule has 1 aliphatic heterocycles. The van der Waals surface area contributed by atoms with Crippen molar-refractivity contribution in [3.8, 4) is 0 Å². The number of rotatable bonds is 1. The summed E-state index contributed by atoms with van der Waals surface area (Å²) in [4.78, 5) is 23.8. The summed E-state index contributed by atoms with van der Waals surface area (Å²) in [6.45, 7) is 0.233. The van der Waals surface area contributed by atoms with E-state index in [1.54, 1.807) is 4.90 Å². The Labute approximate surface area is 76.6 Å². The highest BCUT2D eigenvalue weighted by atomic mass is 16.2. The smallest absolute Gasteiger partial charge is 0.312 e. The minimum atomic E-state index is -0.231. The van der Waals surface area contributed by atoms with E-state index in [-0.39, 0.29) is 24.5 Å². The zero-order valence-corrected chi connectivity index (χ0v) is 7.32. The topological polar surface area (TPSA) is 49.4 Å². The van der Waals surface area contributed by atoms with Gasteiger partial charge >= 0.3 is 6.03 Å². The van der Waals surface area contributed by atoms with E-state index in [1.165, 1.54) is 0 Å². The van der Waals surface area contributed by atoms with Crippen molar-refractivity contribution in [3.63, 3.8) is 0 Å². The van der Waals surface area contributed by atoms with Crippen LogP contribution in [0.3, 0.4) is 0 Å². The average Bonchev–Trinajstić information content (AvgIpc) is 2.47. The van der Waals surface area contributed by atoms with Gasteiger partial charge in [-0.05, 0) is 19.3 Å². The molecule has 1 aliphatic carbocycles. The van der Waals surface area contributed by atoms with Crippen LogP contribution in [0.25, 0.3) is 0 Å². The van der Waals surface area contributed by atoms with Gasteiger partial charge in [0.25, 0.3) is 0 Å². The number of amides is 3. The number of nitrogens with zero attached hydrogens (tertiary/aromatic N) is 1. The van der Waals surface area contributed by atoms with Crippen molar-refractivity contribution in [1.82, 2.24) is 10.2 Å². The SMILES string of the molecule is O=C1CN(C2CC=CCC2)C(=O)N1. The zero-order valence-electron chi connectivity index (χ0n) is 7.32. The van der Waals surface area contributed by atoms with E-state index in [1.807, 2.05) is 0 Å². The van der Waals surface area contributed by atoms with E-state index in [0.29, 0.717) is 0 Å². The molecule has 4 heteroatoms. The van der Waals surface area contributed by atoms with Crippen LogP contribution in [0.5, 0.6) is 0 Å². The molecule has 13 heavy (non-hydrogen) atoms. The molecule has 0 spiro atoms. The van der Waals surface area contributed by atoms with Gasteiger partial charge in [-0.3, -0.25) is 10.1 Å². The Kier molecular flexibility index (Phi) is 2.04. The summed E-state index contributed by atoms with van der Waals surface area (Å²) in [5.41, 5.74) is 0. The van der Waals surface area contributed by atoms with Crippen LogP contribution in [0.2, 0.25) is 0 Å². The maximum Gasteiger partial charge on any atom is 0.324 e. The number of carbonyl (C=O) groups is 2. The Morgan fingerprint density at radius 1 is 1.38 bits per heavy atom. The lowest BCUT2D eigenvalue weighted by molar-refractivity contribution is -0.118. The van der Waals surface area contributed by atoms with Crippen LogP contribution in [-0.4, -0.2) is 29.4 Å². The molecule has 0 aromatic rings. The fourth-order valence-corrected chi connectivity index (χ4v) is 1.81. The summed E-state index contributed by atoms with van der Waals surface area (Å²) in [5.74, 6) is -0.181. The molecular formula is C9H12N2O2. The largest absolute Gasteiger partial charge is 0.324 e. The van der Waals surface area contributed by atoms with Crippen LogP contribution < -0.4 is 5.32 Å². The van der Waals surface area contributed by atoms with Gasteiger partial charge in [-0.15, -0.1) is 0 Å². The Morgan fingerprint density at radius 3 is 2.77 bits per heavy atom. The first-order valence-electron chi connectivity index (χ1n) is 4.53. The zero-order chi connectivity index (χ0) is 9.26. The van der Waals surface area contributed by atoms with Gasteiger partial charge in [-0.25, -0.2) is 4.79 Å². The van der Waals surface area contributed by atoms with Crippen molar-refractivity contribution < 1.29 is 9.59 Å². The number of urea groups is 1. The second-order valence-electron chi connectivity index (χ2n) is 3.42. The Hall–Kier alpha value is -1.32. The first kappa shape index (κ1) is 8.29. The van der Waals surface area contributed by atoms with Crippen molar-refractivity contribution >= 4 is 11.9 Å². The summed E-state index contributed by atoms with van der Waals surface area (Å²) < 4.78 is 0. The summed E-state index contributed by atoms with van der Waals surface area (Å²) in [6, 6.07) is -0.0123. The highest BCUT2D eigenvalue weighted by Crippen LogP contribution is 2.18. The highest BCUT2D eigenvalue weighted by molar-refractivity contribution is 6.02. The molecule has 1 heterocycles. The maximum atomic E-state index is 11.3. The molecule has 0 radical (unpaired) electrons. The first-order valence-corrected chi connectivity index (χ1v) is 4.53. The molecule has 2 rings (SSSR count). The minimum absolute atomic E-state index is 0.181. The molecule has 1 unspecified atom stereocenters. The van der Waals surface area contributed by atoms with Gasteiger partial charge < -0.3 is 4.90 Å². The van der Waals surface area contributed by atoms with Gasteiger partial charge in [-0.2, -0.15) is 0 Å². The third-order valence-electron chi connectivity index (χ3n) is 2.50. The van der Waals surface area contributed by atoms with Crippen molar-refractivity contribution in [1.29, 1.82) is 0 Å². The van der Waals surface area contributed by atoms with Crippen molar-refractivity contribution in [2.75, 3.05) is 6.54 Å². The molecule has 0 aromatic carbocycles. The molecule has 4 nitrogen and oxygen atoms in total. The summed E-state index contributed by atoms with van der Waals surface area (Å²) in [6.07, 6.45) is 7.04. The van der Waals surface area contributed by atoms with Crippen LogP contribution >= 0.6 is 0 Å². The highest BCUT2D eigenvalue weighted by Gasteiger charge is 2.32. The van der Waals surface area contributed by atoms with Crippen molar-refractivity contribution in [3.05, 3.63) is 12.2 Å². The van der Waals surface area contributed by atoms with Gasteiger partial charge in [0.05, 0.1) is 0 Å². The van der Waals surface area contributed by atoms with Crippen LogP contribution in [0.4, 0.5) is 4.79 Å². The lowest BCUT2D eigenvalue weighted by Crippen LogP contribution is -2.38. The molecular weight excluding hydrogens is 168 g/mol. The quantitative estimate of drug-likeness (QED) is 0.475. The van der Waals surface area contributed by atoms with Gasteiger partial charge in [0.1, 0.15) is 6.54 Å². The summed E-state index contributed by atoms with van der Waals surface area (Å²) >= 11 is 0. The van der Waals surface area contributed by atoms with Crippen molar-refractivity contribution in [2.45, 2.75) is 25.3 Å². The summed E-state index contributed by atoms with van der Waals surface area (Å²) in [7, 11) is 0. The molecule has 0 saturated carbocycles. The first-order chi connectivity index (χ1) is 6.27. The fourth-order valence-electron chi connectivity index (χ4n) is 1.81. The average molecular weight is 180 g/mol. The molecule has 70 valence electrons. The Morgan fingerprint density at radius 2 is 2.23 bits per heavy atom. The molecule has 0 bridgehead atoms. The number of hydrogen-bond acceptors (Lipinski definition) is 2. The van der Waals surface area contributed by atoms with E-state index < -0.39 is 0 Å². The van der Waals surface area contributed by atoms with Gasteiger partial charge in [0.2, 0.25) is 5.91 Å². The van der Waals surface area contributed by atoms with Crippen LogP contribution in [0.1, 0.15) is 19.3 Å². The van der Waals surface area contributed by atoms with E-state index in [2.05, 4.69) is 17.5 Å². The predicted octanol–water partition coefficient (Wildman–Crippen LogP) is 0.647. The molecule has 1 N–H and O–H groups in total. The van der Waals surface area contributed by atoms with E-state index in [4.69, 9.17) is 0 Å². The van der Waals surface area contributed by atoms with E-state index in [0.717, 1.165) is 19.3 Å². The standard InChI is InChI=1S/C9H12N2O2/c12-8-6-11(9(13)10-8)7-4-2-1-3-5-7/h1-2,7H,3-6H2,(H,10,12,13). The van der Waals surface area contributed by atoms with E-state index in [9.17, 15) is 9.59 Å². The monoisotopic (exact) mass is 180 g/mol. The molecule has 2 aliphatic rings. The number of imide groups is 1. The number of hydrogen-bond donors (Lipinski definition) is 1. The lowest BCUT2D eigenvalue weighted by Gasteiger charge is -2.26. The summed E-state index contributed by atoms with van der Waals surface area (Å²) in [5, 5.41) is 2.29. The van der Waals surface area contributed by atoms with Gasteiger partial charge in [-0.1, -0.05) is 12.2 Å². The second kappa shape index (κ2) is 3.20. The van der Waals surface area contributed by atoms with Gasteiger partial charge in [0, 0.05) is 6.04 Å². The lowest BCUT2D eigenvalue weighted by atomic mass is 10.0. The van der Waals surface area contributed by atoms with Crippen LogP contribution in [-0.2, 0) is 4.79 Å². The Bertz CT molecular complexity index is 273. The van der Waals surface area contributed by atoms with Gasteiger partial charge in [0.15, 0.2) is 0 Å². The Balaban J connectivity index is 2.04. The molecule has 1 atom stereocenters. The third kappa shape index (κ3) is 1.56. The molecule has 1 fully saturated rings. The molecule has 3 amide bonds. The number of nitrogens with one attached hydrogen (secondary N) is 1. The number of allylic oxidation sites excluding steroid dienone is 1. The third-order valence-corrected chi connectivity index (χ3v) is 2.50. The minimum Gasteiger partial charge on any atom is -0.312 e. The van der Waals surface area contributed by atoms with Crippen LogP contribution in [0, 0.1) is 0 Å². The van der Waals surface area contributed by atoms with Crippen molar-refractivity contribution in [2.24, 2.45) is 0 Å². The van der Waals surface area contributed by atoms with Crippen LogP contribution in [0.15, 0.2) is 12.2 Å². The number of carbonyl (C=O) groups excluding carboxylic acids is 2. The predicted molar refractivity (Wildman–Crippen MR) is 47.0 cm³/mol. The fraction of sp³-hybridized carbons (Fsp3) is 0.556. The normalized spacial score (nSPS) is 28.0. The van der Waals surface area contributed by atoms with E-state index >= 15 is 0 Å². The molecule has 0 aromatic heterocycles. The second-order valence-corrected chi connectivity index (χ2v) is 3.42. The molecule has 1 saturated heterocycles.